The maximum absolute atomic E-state index is 12.7. The molecule has 0 aliphatic heterocycles. The first-order valence-corrected chi connectivity index (χ1v) is 29.6. The van der Waals surface area contributed by atoms with Gasteiger partial charge in [-0.3, -0.25) is 18.6 Å². The van der Waals surface area contributed by atoms with Gasteiger partial charge in [0.05, 0.1) is 13.2 Å². The van der Waals surface area contributed by atoms with Gasteiger partial charge in [-0.1, -0.05) is 216 Å². The summed E-state index contributed by atoms with van der Waals surface area (Å²) in [6.45, 7) is 3.48. The second-order valence-electron chi connectivity index (χ2n) is 17.7. The van der Waals surface area contributed by atoms with Gasteiger partial charge in [0.25, 0.3) is 0 Å². The minimum Gasteiger partial charge on any atom is -0.462 e. The van der Waals surface area contributed by atoms with Crippen LogP contribution in [0.3, 0.4) is 0 Å². The number of carbonyl (C=O) groups is 2. The SMILES string of the molecule is CC/C=C\C/C=C\C/C=C\C/C=C\C/C=C\C/C=C\C/C=C\C/C=C\C/C=C\C/C=C\C/C=C\C/C=C\CCCCC(=O)OC(COC(=O)CCCCCCC/C=C\C/C=C\CCCC)COP(=O)(O)OCCN. The van der Waals surface area contributed by atoms with Gasteiger partial charge in [0, 0.05) is 19.4 Å². The molecule has 0 spiro atoms. The molecule has 0 heterocycles. The van der Waals surface area contributed by atoms with Crippen LogP contribution < -0.4 is 5.73 Å². The second-order valence-corrected chi connectivity index (χ2v) is 19.2. The highest BCUT2D eigenvalue weighted by molar-refractivity contribution is 7.47. The zero-order chi connectivity index (χ0) is 53.8. The van der Waals surface area contributed by atoms with Gasteiger partial charge in [-0.15, -0.1) is 0 Å². The highest BCUT2D eigenvalue weighted by atomic mass is 31.2. The third kappa shape index (κ3) is 56.7. The average Bonchev–Trinajstić information content (AvgIpc) is 3.39. The van der Waals surface area contributed by atoms with E-state index in [1.165, 1.54) is 12.8 Å². The number of hydrogen-bond donors (Lipinski definition) is 2. The standard InChI is InChI=1S/C64H100NO8P/c1-3-5-7-9-11-13-15-17-19-20-21-22-23-24-25-26-27-28-29-30-31-32-33-34-35-36-37-38-39-40-41-42-43-45-47-49-51-53-55-57-64(67)73-62(61-72-74(68,69)71-59-58-65)60-70-63(66)56-54-52-50-48-46-44-18-16-14-12-10-8-6-4-2/h5,7,10-13,16-19,21-22,24-25,27-28,30-31,33-34,36-37,39-40,42-43,47,49,62H,3-4,6,8-9,14-15,20,23,26,29,32,35,38,41,44-46,48,50-61,65H2,1-2H3,(H,68,69)/b7-5-,12-10-,13-11-,18-16-,19-17-,22-21-,25-24-,28-27-,31-30-,34-33-,37-36-,40-39-,43-42-,49-47-. The molecular formula is C64H100NO8P. The Bertz CT molecular complexity index is 1810. The number of carbonyl (C=O) groups excluding carboxylic acids is 2. The zero-order valence-corrected chi connectivity index (χ0v) is 46.9. The molecule has 0 fully saturated rings. The van der Waals surface area contributed by atoms with E-state index in [4.69, 9.17) is 24.3 Å². The lowest BCUT2D eigenvalue weighted by Crippen LogP contribution is -2.29. The fourth-order valence-corrected chi connectivity index (χ4v) is 7.45. The number of nitrogens with two attached hydrogens (primary N) is 1. The molecule has 0 amide bonds. The number of phosphoric acid groups is 1. The number of unbranched alkanes of at least 4 members (excludes halogenated alkanes) is 9. The van der Waals surface area contributed by atoms with E-state index < -0.39 is 32.5 Å². The van der Waals surface area contributed by atoms with E-state index in [2.05, 4.69) is 184 Å². The van der Waals surface area contributed by atoms with E-state index in [1.54, 1.807) is 0 Å². The average molecular weight is 1040 g/mol. The van der Waals surface area contributed by atoms with E-state index in [0.717, 1.165) is 135 Å². The lowest BCUT2D eigenvalue weighted by molar-refractivity contribution is -0.161. The molecule has 0 aromatic rings. The summed E-state index contributed by atoms with van der Waals surface area (Å²) in [5, 5.41) is 0. The first-order valence-electron chi connectivity index (χ1n) is 28.1. The van der Waals surface area contributed by atoms with Crippen LogP contribution in [0, 0.1) is 0 Å². The van der Waals surface area contributed by atoms with E-state index in [0.29, 0.717) is 12.8 Å². The van der Waals surface area contributed by atoms with Crippen molar-refractivity contribution in [3.63, 3.8) is 0 Å². The minimum absolute atomic E-state index is 0.0347. The topological polar surface area (TPSA) is 134 Å². The van der Waals surface area contributed by atoms with Gasteiger partial charge in [0.1, 0.15) is 6.61 Å². The van der Waals surface area contributed by atoms with Gasteiger partial charge in [-0.2, -0.15) is 0 Å². The Hall–Kier alpha value is -4.63. The molecule has 2 atom stereocenters. The molecule has 0 saturated carbocycles. The molecule has 3 N–H and O–H groups in total. The molecule has 0 aromatic carbocycles. The Kier molecular flexibility index (Phi) is 54.0. The summed E-state index contributed by atoms with van der Waals surface area (Å²) in [6, 6.07) is 0. The van der Waals surface area contributed by atoms with Crippen molar-refractivity contribution in [1.82, 2.24) is 0 Å². The van der Waals surface area contributed by atoms with Gasteiger partial charge in [0.2, 0.25) is 0 Å². The third-order valence-electron chi connectivity index (χ3n) is 10.8. The summed E-state index contributed by atoms with van der Waals surface area (Å²) in [4.78, 5) is 35.0. The Morgan fingerprint density at radius 3 is 1.14 bits per heavy atom. The van der Waals surface area contributed by atoms with Crippen LogP contribution in [0.15, 0.2) is 170 Å². The maximum atomic E-state index is 12.7. The number of rotatable bonds is 50. The third-order valence-corrected chi connectivity index (χ3v) is 11.8. The summed E-state index contributed by atoms with van der Waals surface area (Å²) in [5.74, 6) is -0.912. The molecule has 0 aliphatic rings. The fourth-order valence-electron chi connectivity index (χ4n) is 6.69. The number of phosphoric ester groups is 1. The largest absolute Gasteiger partial charge is 0.472 e. The van der Waals surface area contributed by atoms with Crippen LogP contribution in [-0.4, -0.2) is 49.3 Å². The van der Waals surface area contributed by atoms with Crippen LogP contribution in [0.5, 0.6) is 0 Å². The van der Waals surface area contributed by atoms with Crippen molar-refractivity contribution in [2.45, 2.75) is 193 Å². The lowest BCUT2D eigenvalue weighted by atomic mass is 10.1. The molecule has 0 bridgehead atoms. The quantitative estimate of drug-likeness (QED) is 0.0264. The minimum atomic E-state index is -4.41. The van der Waals surface area contributed by atoms with Crippen LogP contribution >= 0.6 is 7.82 Å². The van der Waals surface area contributed by atoms with Gasteiger partial charge in [-0.05, 0) is 128 Å². The first-order chi connectivity index (χ1) is 36.3. The maximum Gasteiger partial charge on any atom is 0.472 e. The second kappa shape index (κ2) is 57.6. The molecule has 74 heavy (non-hydrogen) atoms. The normalized spacial score (nSPS) is 14.4. The summed E-state index contributed by atoms with van der Waals surface area (Å²) in [6.07, 6.45) is 85.6. The van der Waals surface area contributed by atoms with E-state index in [1.807, 2.05) is 0 Å². The lowest BCUT2D eigenvalue weighted by Gasteiger charge is -2.19. The monoisotopic (exact) mass is 1040 g/mol. The molecule has 9 nitrogen and oxygen atoms in total. The molecule has 0 rings (SSSR count). The molecule has 414 valence electrons. The summed E-state index contributed by atoms with van der Waals surface area (Å²) in [5.41, 5.74) is 5.36. The van der Waals surface area contributed by atoms with Crippen molar-refractivity contribution < 1.29 is 37.6 Å². The zero-order valence-electron chi connectivity index (χ0n) is 46.0. The number of esters is 2. The van der Waals surface area contributed by atoms with Crippen LogP contribution in [0.4, 0.5) is 0 Å². The van der Waals surface area contributed by atoms with E-state index >= 15 is 0 Å². The van der Waals surface area contributed by atoms with Gasteiger partial charge in [0.15, 0.2) is 6.10 Å². The Morgan fingerprint density at radius 2 is 0.743 bits per heavy atom. The molecule has 0 radical (unpaired) electrons. The van der Waals surface area contributed by atoms with Crippen molar-refractivity contribution in [2.24, 2.45) is 5.73 Å². The molecule has 2 unspecified atom stereocenters. The Balaban J connectivity index is 4.13. The van der Waals surface area contributed by atoms with E-state index in [-0.39, 0.29) is 32.6 Å². The van der Waals surface area contributed by atoms with Crippen molar-refractivity contribution in [1.29, 1.82) is 0 Å². The predicted molar refractivity (Wildman–Crippen MR) is 316 cm³/mol. The Morgan fingerprint density at radius 1 is 0.419 bits per heavy atom. The molecular weight excluding hydrogens is 942 g/mol. The van der Waals surface area contributed by atoms with Crippen LogP contribution in [0.25, 0.3) is 0 Å². The number of ether oxygens (including phenoxy) is 2. The molecule has 0 saturated heterocycles. The van der Waals surface area contributed by atoms with Gasteiger partial charge < -0.3 is 20.1 Å². The van der Waals surface area contributed by atoms with Crippen molar-refractivity contribution >= 4 is 19.8 Å². The van der Waals surface area contributed by atoms with Gasteiger partial charge in [-0.25, -0.2) is 4.57 Å². The van der Waals surface area contributed by atoms with Crippen molar-refractivity contribution in [3.05, 3.63) is 170 Å². The van der Waals surface area contributed by atoms with Gasteiger partial charge >= 0.3 is 19.8 Å². The number of allylic oxidation sites excluding steroid dienone is 28. The Labute approximate surface area is 451 Å². The highest BCUT2D eigenvalue weighted by Crippen LogP contribution is 2.43. The van der Waals surface area contributed by atoms with Crippen molar-refractivity contribution in [3.8, 4) is 0 Å². The first kappa shape index (κ1) is 69.4. The highest BCUT2D eigenvalue weighted by Gasteiger charge is 2.26. The predicted octanol–water partition coefficient (Wildman–Crippen LogP) is 17.9. The molecule has 0 aliphatic carbocycles. The number of hydrogen-bond acceptors (Lipinski definition) is 8. The van der Waals surface area contributed by atoms with Crippen LogP contribution in [0.1, 0.15) is 187 Å². The molecule has 10 heteroatoms. The molecule has 0 aromatic heterocycles. The van der Waals surface area contributed by atoms with E-state index in [9.17, 15) is 19.0 Å². The summed E-state index contributed by atoms with van der Waals surface area (Å²) < 4.78 is 32.8. The smallest absolute Gasteiger partial charge is 0.462 e. The fraction of sp³-hybridized carbons (Fsp3) is 0.531. The van der Waals surface area contributed by atoms with Crippen LogP contribution in [0.2, 0.25) is 0 Å². The summed E-state index contributed by atoms with van der Waals surface area (Å²) >= 11 is 0. The van der Waals surface area contributed by atoms with Crippen molar-refractivity contribution in [2.75, 3.05) is 26.4 Å². The summed E-state index contributed by atoms with van der Waals surface area (Å²) in [7, 11) is -4.41. The van der Waals surface area contributed by atoms with Crippen LogP contribution in [-0.2, 0) is 32.7 Å².